The van der Waals surface area contributed by atoms with Crippen LogP contribution in [0.2, 0.25) is 5.02 Å². The highest BCUT2D eigenvalue weighted by atomic mass is 35.5. The maximum absolute atomic E-state index is 12.9. The zero-order valence-corrected chi connectivity index (χ0v) is 18.6. The van der Waals surface area contributed by atoms with Gasteiger partial charge in [-0.2, -0.15) is 13.2 Å². The van der Waals surface area contributed by atoms with Gasteiger partial charge in [0.1, 0.15) is 0 Å². The summed E-state index contributed by atoms with van der Waals surface area (Å²) in [5.74, 6) is 0. The van der Waals surface area contributed by atoms with Crippen LogP contribution in [0, 0.1) is 0 Å². The summed E-state index contributed by atoms with van der Waals surface area (Å²) >= 11 is 5.56. The number of nitrogens with one attached hydrogen (secondary N) is 4. The summed E-state index contributed by atoms with van der Waals surface area (Å²) in [5, 5.41) is 6.31. The number of benzene rings is 2. The van der Waals surface area contributed by atoms with Gasteiger partial charge < -0.3 is 16.0 Å². The highest BCUT2D eigenvalue weighted by molar-refractivity contribution is 7.90. The van der Waals surface area contributed by atoms with Gasteiger partial charge >= 0.3 is 18.2 Å². The monoisotopic (exact) mass is 504 g/mol. The second-order valence-electron chi connectivity index (χ2n) is 7.32. The number of sulfonamides is 1. The predicted octanol–water partition coefficient (Wildman–Crippen LogP) is 4.34. The minimum Gasteiger partial charge on any atom is -0.337 e. The van der Waals surface area contributed by atoms with Gasteiger partial charge in [-0.15, -0.1) is 0 Å². The maximum Gasteiger partial charge on any atom is 0.417 e. The number of anilines is 2. The molecular formula is C20H20ClF3N4O4S. The number of hydrogen-bond donors (Lipinski definition) is 4. The Hall–Kier alpha value is -2.99. The molecule has 4 amide bonds. The molecule has 0 unspecified atom stereocenters. The average molecular weight is 505 g/mol. The number of hydrogen-bond acceptors (Lipinski definition) is 4. The number of carbonyl (C=O) groups excluding carboxylic acids is 2. The van der Waals surface area contributed by atoms with Crippen molar-refractivity contribution < 1.29 is 31.2 Å². The predicted molar refractivity (Wildman–Crippen MR) is 118 cm³/mol. The molecular weight excluding hydrogens is 485 g/mol. The Kier molecular flexibility index (Phi) is 7.38. The van der Waals surface area contributed by atoms with Crippen LogP contribution in [0.3, 0.4) is 0 Å². The molecule has 8 nitrogen and oxygen atoms in total. The summed E-state index contributed by atoms with van der Waals surface area (Å²) < 4.78 is 64.1. The van der Waals surface area contributed by atoms with Gasteiger partial charge in [-0.1, -0.05) is 23.7 Å². The first-order valence-electron chi connectivity index (χ1n) is 9.77. The van der Waals surface area contributed by atoms with Crippen LogP contribution in [0.1, 0.15) is 24.0 Å². The molecule has 0 aromatic heterocycles. The molecule has 0 spiro atoms. The molecule has 13 heteroatoms. The van der Waals surface area contributed by atoms with Gasteiger partial charge in [0.25, 0.3) is 0 Å². The molecule has 0 atom stereocenters. The summed E-state index contributed by atoms with van der Waals surface area (Å²) in [6.07, 6.45) is -3.14. The minimum absolute atomic E-state index is 0.0751. The third kappa shape index (κ3) is 7.26. The van der Waals surface area contributed by atoms with E-state index in [0.717, 1.165) is 17.7 Å². The van der Waals surface area contributed by atoms with Crippen molar-refractivity contribution in [1.82, 2.24) is 10.0 Å². The van der Waals surface area contributed by atoms with Gasteiger partial charge in [0, 0.05) is 17.9 Å². The second-order valence-corrected chi connectivity index (χ2v) is 9.69. The largest absolute Gasteiger partial charge is 0.417 e. The average Bonchev–Trinajstić information content (AvgIpc) is 3.55. The van der Waals surface area contributed by atoms with Crippen LogP contribution in [-0.4, -0.2) is 32.3 Å². The Labute approximate surface area is 192 Å². The topological polar surface area (TPSA) is 116 Å². The molecule has 1 saturated carbocycles. The van der Waals surface area contributed by atoms with Crippen LogP contribution < -0.4 is 20.7 Å². The lowest BCUT2D eigenvalue weighted by Crippen LogP contribution is -2.41. The lowest BCUT2D eigenvalue weighted by atomic mass is 10.1. The van der Waals surface area contributed by atoms with Crippen molar-refractivity contribution in [1.29, 1.82) is 0 Å². The Morgan fingerprint density at radius 3 is 2.18 bits per heavy atom. The molecule has 33 heavy (non-hydrogen) atoms. The van der Waals surface area contributed by atoms with E-state index in [1.807, 2.05) is 4.72 Å². The van der Waals surface area contributed by atoms with Crippen molar-refractivity contribution in [3.63, 3.8) is 0 Å². The lowest BCUT2D eigenvalue weighted by molar-refractivity contribution is -0.137. The molecule has 0 heterocycles. The van der Waals surface area contributed by atoms with Crippen molar-refractivity contribution in [2.75, 3.05) is 17.2 Å². The standard InChI is InChI=1S/C20H20ClF3N4O4S/c21-17-8-5-14(11-16(17)20(22,23)24)27-19(30)26-13-3-1-12(2-4-13)9-10-25-18(29)28-33(31,32)15-6-7-15/h1-5,8,11,15H,6-7,9-10H2,(H2,25,28,29)(H2,26,27,30). The Bertz CT molecular complexity index is 1140. The van der Waals surface area contributed by atoms with E-state index in [0.29, 0.717) is 24.9 Å². The Balaban J connectivity index is 1.46. The van der Waals surface area contributed by atoms with E-state index in [-0.39, 0.29) is 12.2 Å². The van der Waals surface area contributed by atoms with E-state index in [9.17, 15) is 31.2 Å². The first-order chi connectivity index (χ1) is 15.4. The van der Waals surface area contributed by atoms with Crippen molar-refractivity contribution in [2.45, 2.75) is 30.7 Å². The Morgan fingerprint density at radius 2 is 1.58 bits per heavy atom. The van der Waals surface area contributed by atoms with E-state index in [4.69, 9.17) is 11.6 Å². The zero-order chi connectivity index (χ0) is 24.2. The van der Waals surface area contributed by atoms with Gasteiger partial charge in [0.2, 0.25) is 10.0 Å². The molecule has 1 aliphatic carbocycles. The normalized spacial score (nSPS) is 13.8. The van der Waals surface area contributed by atoms with Crippen molar-refractivity contribution in [3.05, 3.63) is 58.6 Å². The van der Waals surface area contributed by atoms with E-state index in [2.05, 4.69) is 16.0 Å². The van der Waals surface area contributed by atoms with Crippen LogP contribution in [0.25, 0.3) is 0 Å². The van der Waals surface area contributed by atoms with E-state index in [1.165, 1.54) is 6.07 Å². The van der Waals surface area contributed by atoms with E-state index >= 15 is 0 Å². The van der Waals surface area contributed by atoms with Crippen molar-refractivity contribution in [2.24, 2.45) is 0 Å². The first-order valence-corrected chi connectivity index (χ1v) is 11.7. The van der Waals surface area contributed by atoms with Gasteiger partial charge in [0.05, 0.1) is 15.8 Å². The lowest BCUT2D eigenvalue weighted by Gasteiger charge is -2.12. The summed E-state index contributed by atoms with van der Waals surface area (Å²) in [5.41, 5.74) is 0.0639. The van der Waals surface area contributed by atoms with Crippen molar-refractivity contribution in [3.8, 4) is 0 Å². The smallest absolute Gasteiger partial charge is 0.337 e. The summed E-state index contributed by atoms with van der Waals surface area (Å²) in [4.78, 5) is 23.8. The highest BCUT2D eigenvalue weighted by Crippen LogP contribution is 2.36. The van der Waals surface area contributed by atoms with Gasteiger partial charge in [-0.05, 0) is 55.2 Å². The fraction of sp³-hybridized carbons (Fsp3) is 0.300. The summed E-state index contributed by atoms with van der Waals surface area (Å²) in [6, 6.07) is 8.03. The first kappa shape index (κ1) is 24.6. The van der Waals surface area contributed by atoms with Crippen LogP contribution in [0.4, 0.5) is 34.1 Å². The fourth-order valence-electron chi connectivity index (χ4n) is 2.82. The number of urea groups is 2. The van der Waals surface area contributed by atoms with Crippen molar-refractivity contribution >= 4 is 45.1 Å². The summed E-state index contributed by atoms with van der Waals surface area (Å²) in [7, 11) is -3.60. The molecule has 2 aromatic carbocycles. The van der Waals surface area contributed by atoms with E-state index < -0.39 is 44.1 Å². The molecule has 4 N–H and O–H groups in total. The summed E-state index contributed by atoms with van der Waals surface area (Å²) in [6.45, 7) is 0.192. The number of halogens is 4. The Morgan fingerprint density at radius 1 is 0.970 bits per heavy atom. The molecule has 0 aliphatic heterocycles. The number of rotatable bonds is 7. The fourth-order valence-corrected chi connectivity index (χ4v) is 4.29. The molecule has 1 fully saturated rings. The molecule has 0 saturated heterocycles. The van der Waals surface area contributed by atoms with Crippen LogP contribution in [0.5, 0.6) is 0 Å². The van der Waals surface area contributed by atoms with E-state index in [1.54, 1.807) is 24.3 Å². The van der Waals surface area contributed by atoms with Gasteiger partial charge in [0.15, 0.2) is 0 Å². The van der Waals surface area contributed by atoms with Crippen LogP contribution in [0.15, 0.2) is 42.5 Å². The molecule has 2 aromatic rings. The van der Waals surface area contributed by atoms with Gasteiger partial charge in [-0.3, -0.25) is 0 Å². The number of amides is 4. The SMILES string of the molecule is O=C(Nc1ccc(CCNC(=O)NS(=O)(=O)C2CC2)cc1)Nc1ccc(Cl)c(C(F)(F)F)c1. The maximum atomic E-state index is 12.9. The number of carbonyl (C=O) groups is 2. The van der Waals surface area contributed by atoms with Gasteiger partial charge in [-0.25, -0.2) is 22.7 Å². The molecule has 3 rings (SSSR count). The molecule has 0 radical (unpaired) electrons. The third-order valence-corrected chi connectivity index (χ3v) is 6.79. The third-order valence-electron chi connectivity index (χ3n) is 4.64. The minimum atomic E-state index is -4.65. The molecule has 0 bridgehead atoms. The highest BCUT2D eigenvalue weighted by Gasteiger charge is 2.36. The molecule has 1 aliphatic rings. The quantitative estimate of drug-likeness (QED) is 0.449. The van der Waals surface area contributed by atoms with Crippen LogP contribution in [-0.2, 0) is 22.6 Å². The zero-order valence-electron chi connectivity index (χ0n) is 17.0. The number of alkyl halides is 3. The van der Waals surface area contributed by atoms with Crippen LogP contribution >= 0.6 is 11.6 Å². The molecule has 178 valence electrons. The second kappa shape index (κ2) is 9.87.